The van der Waals surface area contributed by atoms with Gasteiger partial charge in [-0.25, -0.2) is 0 Å². The molecule has 4 heterocycles. The molecular formula is C60H58N8O4. The zero-order valence-corrected chi connectivity index (χ0v) is 42.9. The van der Waals surface area contributed by atoms with Gasteiger partial charge in [0.25, 0.3) is 0 Å². The maximum Gasteiger partial charge on any atom is 0.248 e. The van der Waals surface area contributed by atoms with Crippen molar-refractivity contribution in [1.82, 2.24) is 40.8 Å². The number of hydrogen-bond acceptors (Lipinski definition) is 12. The van der Waals surface area contributed by atoms with E-state index in [1.54, 1.807) is 0 Å². The van der Waals surface area contributed by atoms with Crippen molar-refractivity contribution in [1.29, 1.82) is 0 Å². The van der Waals surface area contributed by atoms with Gasteiger partial charge in [0.05, 0.1) is 0 Å². The monoisotopic (exact) mass is 954 g/mol. The second kappa shape index (κ2) is 17.9. The number of aromatic nitrogens is 8. The molecule has 0 aliphatic carbocycles. The fourth-order valence-electron chi connectivity index (χ4n) is 8.36. The summed E-state index contributed by atoms with van der Waals surface area (Å²) in [7, 11) is 0. The fraction of sp³-hybridized carbons (Fsp3) is 0.267. The van der Waals surface area contributed by atoms with Crippen LogP contribution in [0.1, 0.15) is 105 Å². The van der Waals surface area contributed by atoms with Crippen molar-refractivity contribution in [2.75, 3.05) is 0 Å². The van der Waals surface area contributed by atoms with Crippen LogP contribution in [0.25, 0.3) is 103 Å². The molecule has 0 aliphatic rings. The molecule has 72 heavy (non-hydrogen) atoms. The summed E-state index contributed by atoms with van der Waals surface area (Å²) in [5, 5.41) is 36.3. The predicted octanol–water partition coefficient (Wildman–Crippen LogP) is 15.4. The third kappa shape index (κ3) is 9.94. The Labute approximate surface area is 420 Å². The van der Waals surface area contributed by atoms with E-state index in [2.05, 4.69) is 172 Å². The molecule has 0 saturated heterocycles. The van der Waals surface area contributed by atoms with Crippen LogP contribution in [-0.4, -0.2) is 40.8 Å². The normalized spacial score (nSPS) is 12.4. The van der Waals surface area contributed by atoms with Crippen LogP contribution >= 0.6 is 0 Å². The van der Waals surface area contributed by atoms with Crippen molar-refractivity contribution in [2.45, 2.75) is 105 Å². The number of hydrogen-bond donors (Lipinski definition) is 0. The molecule has 0 atom stereocenters. The van der Waals surface area contributed by atoms with Crippen LogP contribution in [0.3, 0.4) is 0 Å². The molecule has 0 radical (unpaired) electrons. The molecule has 362 valence electrons. The van der Waals surface area contributed by atoms with Gasteiger partial charge in [-0.15, -0.1) is 40.8 Å². The topological polar surface area (TPSA) is 156 Å². The molecular weight excluding hydrogens is 897 g/mol. The second-order valence-corrected chi connectivity index (χ2v) is 22.6. The van der Waals surface area contributed by atoms with Gasteiger partial charge in [-0.2, -0.15) is 0 Å². The van der Waals surface area contributed by atoms with Crippen LogP contribution in [0.2, 0.25) is 0 Å². The van der Waals surface area contributed by atoms with E-state index < -0.39 is 0 Å². The van der Waals surface area contributed by atoms with Crippen LogP contribution in [0.5, 0.6) is 0 Å². The Balaban J connectivity index is 1.10. The van der Waals surface area contributed by atoms with E-state index >= 15 is 0 Å². The summed E-state index contributed by atoms with van der Waals surface area (Å²) in [6.45, 7) is 26.2. The standard InChI is InChI=1S/C60H58N8O4/c1-57(2,3)45-21-13-35(14-22-45)49-61-65-53(69-49)41-29-39(30-42(33-41)54-66-62-50(70-54)36-15-23-46(24-16-36)58(4,5)6)40-31-43(55-67-63-51(71-55)37-17-25-47(26-18-37)59(7,8)9)34-44(32-40)56-68-64-52(72-56)38-19-27-48(28-20-38)60(10,11)12/h13-34H,1-12H3. The van der Waals surface area contributed by atoms with Crippen molar-refractivity contribution in [3.63, 3.8) is 0 Å². The highest BCUT2D eigenvalue weighted by molar-refractivity contribution is 5.82. The van der Waals surface area contributed by atoms with Crippen LogP contribution in [0.4, 0.5) is 0 Å². The first kappa shape index (κ1) is 47.6. The van der Waals surface area contributed by atoms with E-state index in [4.69, 9.17) is 17.7 Å². The summed E-state index contributed by atoms with van der Waals surface area (Å²) in [5.41, 5.74) is 12.0. The Kier molecular flexibility index (Phi) is 11.8. The quantitative estimate of drug-likeness (QED) is 0.135. The zero-order valence-electron chi connectivity index (χ0n) is 42.9. The average molecular weight is 955 g/mol. The maximum atomic E-state index is 6.45. The largest absolute Gasteiger partial charge is 0.416 e. The minimum Gasteiger partial charge on any atom is -0.416 e. The molecule has 12 heteroatoms. The van der Waals surface area contributed by atoms with Gasteiger partial charge in [-0.1, -0.05) is 132 Å². The van der Waals surface area contributed by atoms with Gasteiger partial charge in [0.2, 0.25) is 47.1 Å². The summed E-state index contributed by atoms with van der Waals surface area (Å²) in [5.74, 6) is 2.78. The van der Waals surface area contributed by atoms with Gasteiger partial charge in [0.1, 0.15) is 0 Å². The molecule has 0 bridgehead atoms. The first-order valence-corrected chi connectivity index (χ1v) is 24.2. The third-order valence-corrected chi connectivity index (χ3v) is 12.9. The third-order valence-electron chi connectivity index (χ3n) is 12.9. The molecule has 12 nitrogen and oxygen atoms in total. The van der Waals surface area contributed by atoms with E-state index in [0.29, 0.717) is 69.4 Å². The second-order valence-electron chi connectivity index (χ2n) is 22.6. The van der Waals surface area contributed by atoms with Gasteiger partial charge >= 0.3 is 0 Å². The summed E-state index contributed by atoms with van der Waals surface area (Å²) in [6.07, 6.45) is 0. The Morgan fingerprint density at radius 1 is 0.208 bits per heavy atom. The summed E-state index contributed by atoms with van der Waals surface area (Å²) in [4.78, 5) is 0. The molecule has 10 rings (SSSR count). The first-order chi connectivity index (χ1) is 34.1. The molecule has 0 aliphatic heterocycles. The van der Waals surface area contributed by atoms with Gasteiger partial charge in [-0.3, -0.25) is 0 Å². The highest BCUT2D eigenvalue weighted by atomic mass is 16.4. The highest BCUT2D eigenvalue weighted by Gasteiger charge is 2.23. The first-order valence-electron chi connectivity index (χ1n) is 24.2. The Hall–Kier alpha value is -8.12. The maximum absolute atomic E-state index is 6.45. The Morgan fingerprint density at radius 3 is 0.528 bits per heavy atom. The molecule has 0 amide bonds. The molecule has 0 spiro atoms. The minimum absolute atomic E-state index is 0.00856. The van der Waals surface area contributed by atoms with Crippen LogP contribution < -0.4 is 0 Å². The van der Waals surface area contributed by atoms with Crippen molar-refractivity contribution in [2.24, 2.45) is 0 Å². The lowest BCUT2D eigenvalue weighted by molar-refractivity contribution is 0.579. The fourth-order valence-corrected chi connectivity index (χ4v) is 8.36. The molecule has 0 fully saturated rings. The van der Waals surface area contributed by atoms with Crippen LogP contribution in [0, 0.1) is 0 Å². The van der Waals surface area contributed by atoms with E-state index in [0.717, 1.165) is 33.4 Å². The van der Waals surface area contributed by atoms with Crippen LogP contribution in [-0.2, 0) is 21.7 Å². The summed E-state index contributed by atoms with van der Waals surface area (Å²) >= 11 is 0. The summed E-state index contributed by atoms with van der Waals surface area (Å²) < 4.78 is 25.8. The van der Waals surface area contributed by atoms with E-state index in [-0.39, 0.29) is 21.7 Å². The van der Waals surface area contributed by atoms with E-state index in [9.17, 15) is 0 Å². The van der Waals surface area contributed by atoms with Crippen molar-refractivity contribution >= 4 is 0 Å². The Morgan fingerprint density at radius 2 is 0.361 bits per heavy atom. The summed E-state index contributed by atoms with van der Waals surface area (Å²) in [6, 6.07) is 44.6. The molecule has 0 saturated carbocycles. The lowest BCUT2D eigenvalue weighted by atomic mass is 9.87. The lowest BCUT2D eigenvalue weighted by Gasteiger charge is -2.18. The minimum atomic E-state index is -0.00856. The number of nitrogens with zero attached hydrogens (tertiary/aromatic N) is 8. The van der Waals surface area contributed by atoms with Crippen molar-refractivity contribution < 1.29 is 17.7 Å². The van der Waals surface area contributed by atoms with Gasteiger partial charge in [-0.05, 0) is 140 Å². The molecule has 10 aromatic rings. The number of rotatable bonds is 9. The predicted molar refractivity (Wildman–Crippen MR) is 282 cm³/mol. The molecule has 0 N–H and O–H groups in total. The number of benzene rings is 6. The Bertz CT molecular complexity index is 3070. The van der Waals surface area contributed by atoms with Crippen molar-refractivity contribution in [3.8, 4) is 103 Å². The highest BCUT2D eigenvalue weighted by Crippen LogP contribution is 2.39. The molecule has 6 aromatic carbocycles. The van der Waals surface area contributed by atoms with Crippen LogP contribution in [0.15, 0.2) is 151 Å². The SMILES string of the molecule is CC(C)(C)c1ccc(-c2nnc(-c3cc(-c4cc(-c5nnc(-c6ccc(C(C)(C)C)cc6)o5)cc(-c5nnc(-c6ccc(C(C)(C)C)cc6)o5)c4)cc(-c4nnc(-c5ccc(C(C)(C)C)cc5)o4)c3)o2)cc1. The zero-order chi connectivity index (χ0) is 50.7. The van der Waals surface area contributed by atoms with Gasteiger partial charge < -0.3 is 17.7 Å². The van der Waals surface area contributed by atoms with Crippen molar-refractivity contribution in [3.05, 3.63) is 156 Å². The average Bonchev–Trinajstić information content (AvgIpc) is 4.21. The van der Waals surface area contributed by atoms with E-state index in [1.807, 2.05) is 84.9 Å². The molecule has 4 aromatic heterocycles. The molecule has 0 unspecified atom stereocenters. The van der Waals surface area contributed by atoms with Gasteiger partial charge in [0.15, 0.2) is 0 Å². The van der Waals surface area contributed by atoms with E-state index in [1.165, 1.54) is 22.3 Å². The lowest BCUT2D eigenvalue weighted by Crippen LogP contribution is -2.10. The van der Waals surface area contributed by atoms with Gasteiger partial charge in [0, 0.05) is 44.5 Å². The smallest absolute Gasteiger partial charge is 0.248 e.